The van der Waals surface area contributed by atoms with Crippen LogP contribution in [0.4, 0.5) is 0 Å². The Bertz CT molecular complexity index is 250. The van der Waals surface area contributed by atoms with Gasteiger partial charge in [0.25, 0.3) is 0 Å². The zero-order valence-electron chi connectivity index (χ0n) is 12.7. The fraction of sp³-hybridized carbons (Fsp3) is 0.833. The Morgan fingerprint density at radius 3 is 1.94 bits per heavy atom. The van der Waals surface area contributed by atoms with Crippen molar-refractivity contribution in [3.05, 3.63) is 12.3 Å². The van der Waals surface area contributed by atoms with E-state index in [0.717, 1.165) is 0 Å². The Kier molecular flexibility index (Phi) is 6.59. The van der Waals surface area contributed by atoms with Gasteiger partial charge in [0, 0.05) is 0 Å². The average Bonchev–Trinajstić information content (AvgIpc) is 2.11. The van der Waals surface area contributed by atoms with Gasteiger partial charge in [-0.3, -0.25) is 0 Å². The molecule has 2 nitrogen and oxygen atoms in total. The molecule has 17 heavy (non-hydrogen) atoms. The van der Waals surface area contributed by atoms with E-state index in [9.17, 15) is 0 Å². The van der Waals surface area contributed by atoms with E-state index in [1.165, 1.54) is 18.9 Å². The summed E-state index contributed by atoms with van der Waals surface area (Å²) in [5.74, 6) is 0. The van der Waals surface area contributed by atoms with E-state index in [4.69, 9.17) is 8.23 Å². The average molecular weight is 291 g/mol. The number of hydrogen-bond donors (Lipinski definition) is 0. The minimum Gasteiger partial charge on any atom is -0.437 e. The summed E-state index contributed by atoms with van der Waals surface area (Å²) >= 11 is 0. The van der Waals surface area contributed by atoms with Crippen LogP contribution in [-0.4, -0.2) is 25.2 Å². The molecule has 0 saturated heterocycles. The van der Waals surface area contributed by atoms with Crippen LogP contribution >= 0.6 is 0 Å². The van der Waals surface area contributed by atoms with Crippen molar-refractivity contribution in [2.24, 2.45) is 0 Å². The highest BCUT2D eigenvalue weighted by molar-refractivity contribution is 6.89. The second-order valence-corrected chi connectivity index (χ2v) is 18.3. The molecule has 0 aromatic heterocycles. The lowest BCUT2D eigenvalue weighted by Gasteiger charge is -2.37. The summed E-state index contributed by atoms with van der Waals surface area (Å²) in [4.78, 5) is 0. The molecule has 0 rings (SSSR count). The highest BCUT2D eigenvalue weighted by Crippen LogP contribution is 2.24. The van der Waals surface area contributed by atoms with Crippen LogP contribution in [0, 0.1) is 0 Å². The molecule has 0 bridgehead atoms. The summed E-state index contributed by atoms with van der Waals surface area (Å²) in [6.07, 6.45) is 2.52. The van der Waals surface area contributed by atoms with Crippen LogP contribution in [0.1, 0.15) is 19.8 Å². The highest BCUT2D eigenvalue weighted by Gasteiger charge is 2.38. The molecular weight excluding hydrogens is 260 g/mol. The lowest BCUT2D eigenvalue weighted by molar-refractivity contribution is 0.393. The molecule has 0 aliphatic carbocycles. The molecule has 5 heteroatoms. The summed E-state index contributed by atoms with van der Waals surface area (Å²) in [7, 11) is -5.26. The maximum atomic E-state index is 6.41. The third-order valence-corrected chi connectivity index (χ3v) is 13.4. The molecule has 0 aliphatic heterocycles. The van der Waals surface area contributed by atoms with Crippen LogP contribution in [-0.2, 0) is 8.23 Å². The van der Waals surface area contributed by atoms with Crippen LogP contribution in [0.5, 0.6) is 0 Å². The first kappa shape index (κ1) is 17.3. The Labute approximate surface area is 111 Å². The van der Waals surface area contributed by atoms with Crippen molar-refractivity contribution in [1.29, 1.82) is 0 Å². The van der Waals surface area contributed by atoms with Crippen molar-refractivity contribution >= 4 is 25.2 Å². The zero-order valence-corrected chi connectivity index (χ0v) is 15.7. The Balaban J connectivity index is 4.47. The van der Waals surface area contributed by atoms with Gasteiger partial charge in [0.05, 0.1) is 0 Å². The molecule has 0 fully saturated rings. The van der Waals surface area contributed by atoms with Gasteiger partial charge in [0.2, 0.25) is 0 Å². The van der Waals surface area contributed by atoms with E-state index in [1.54, 1.807) is 0 Å². The highest BCUT2D eigenvalue weighted by atomic mass is 28.5. The van der Waals surface area contributed by atoms with E-state index >= 15 is 0 Å². The number of hydrogen-bond acceptors (Lipinski definition) is 2. The quantitative estimate of drug-likeness (QED) is 0.605. The van der Waals surface area contributed by atoms with Gasteiger partial charge < -0.3 is 8.23 Å². The second-order valence-electron chi connectivity index (χ2n) is 6.27. The van der Waals surface area contributed by atoms with Gasteiger partial charge in [0.1, 0.15) is 0 Å². The maximum Gasteiger partial charge on any atom is 0.311 e. The predicted molar refractivity (Wildman–Crippen MR) is 84.5 cm³/mol. The van der Waals surface area contributed by atoms with Crippen molar-refractivity contribution in [2.75, 3.05) is 0 Å². The number of rotatable bonds is 8. The molecule has 0 aromatic rings. The molecule has 0 saturated carbocycles. The lowest BCUT2D eigenvalue weighted by atomic mass is 10.4. The largest absolute Gasteiger partial charge is 0.437 e. The first-order valence-corrected chi connectivity index (χ1v) is 15.5. The summed E-state index contributed by atoms with van der Waals surface area (Å²) in [6, 6.07) is 1.24. The fourth-order valence-corrected chi connectivity index (χ4v) is 14.9. The van der Waals surface area contributed by atoms with Crippen molar-refractivity contribution in [1.82, 2.24) is 0 Å². The van der Waals surface area contributed by atoms with Gasteiger partial charge >= 0.3 is 8.56 Å². The molecule has 0 atom stereocenters. The van der Waals surface area contributed by atoms with Gasteiger partial charge in [-0.1, -0.05) is 25.5 Å². The predicted octanol–water partition coefficient (Wildman–Crippen LogP) is 4.66. The summed E-state index contributed by atoms with van der Waals surface area (Å²) in [6.45, 7) is 19.4. The molecule has 0 spiro atoms. The first-order chi connectivity index (χ1) is 7.54. The summed E-state index contributed by atoms with van der Waals surface area (Å²) in [5.41, 5.74) is 1.99. The first-order valence-electron chi connectivity index (χ1n) is 6.57. The van der Waals surface area contributed by atoms with Crippen molar-refractivity contribution in [2.45, 2.75) is 65.1 Å². The van der Waals surface area contributed by atoms with Crippen LogP contribution in [0.15, 0.2) is 12.3 Å². The second kappa shape index (κ2) is 6.47. The van der Waals surface area contributed by atoms with Crippen LogP contribution < -0.4 is 0 Å². The van der Waals surface area contributed by atoms with Crippen molar-refractivity contribution in [3.8, 4) is 0 Å². The van der Waals surface area contributed by atoms with E-state index in [-0.39, 0.29) is 0 Å². The molecule has 0 amide bonds. The zero-order chi connectivity index (χ0) is 13.7. The lowest BCUT2D eigenvalue weighted by Crippen LogP contribution is -2.51. The van der Waals surface area contributed by atoms with E-state index in [0.29, 0.717) is 0 Å². The Morgan fingerprint density at radius 1 is 1.00 bits per heavy atom. The normalized spacial score (nSPS) is 13.8. The third kappa shape index (κ3) is 8.10. The standard InChI is InChI=1S/C12H30O2Si3/c1-9-11-12-16(5,6)14-17(7,8)13-15(3,4)10-2/h10H,2,9,11-12H2,1,3-8H3. The fourth-order valence-electron chi connectivity index (χ4n) is 2.01. The molecule has 0 heterocycles. The van der Waals surface area contributed by atoms with E-state index < -0.39 is 25.2 Å². The monoisotopic (exact) mass is 290 g/mol. The minimum absolute atomic E-state index is 1.24. The van der Waals surface area contributed by atoms with Gasteiger partial charge in [-0.25, -0.2) is 0 Å². The molecule has 0 aromatic carbocycles. The van der Waals surface area contributed by atoms with E-state index in [2.05, 4.69) is 52.8 Å². The topological polar surface area (TPSA) is 18.5 Å². The van der Waals surface area contributed by atoms with Gasteiger partial charge in [-0.2, -0.15) is 0 Å². The van der Waals surface area contributed by atoms with Gasteiger partial charge in [-0.05, 0) is 45.3 Å². The molecular formula is C12H30O2Si3. The molecule has 102 valence electrons. The molecule has 0 N–H and O–H groups in total. The van der Waals surface area contributed by atoms with Crippen molar-refractivity contribution in [3.63, 3.8) is 0 Å². The summed E-state index contributed by atoms with van der Waals surface area (Å²) < 4.78 is 12.7. The van der Waals surface area contributed by atoms with Gasteiger partial charge in [0.15, 0.2) is 16.6 Å². The van der Waals surface area contributed by atoms with Gasteiger partial charge in [-0.15, -0.1) is 6.58 Å². The SMILES string of the molecule is C=C[Si](C)(C)O[Si](C)(C)O[Si](C)(C)CCCC. The van der Waals surface area contributed by atoms with Crippen molar-refractivity contribution < 1.29 is 8.23 Å². The smallest absolute Gasteiger partial charge is 0.311 e. The maximum absolute atomic E-state index is 6.41. The number of unbranched alkanes of at least 4 members (excludes halogenated alkanes) is 1. The van der Waals surface area contributed by atoms with Crippen LogP contribution in [0.25, 0.3) is 0 Å². The van der Waals surface area contributed by atoms with Crippen LogP contribution in [0.2, 0.25) is 45.3 Å². The third-order valence-electron chi connectivity index (χ3n) is 2.65. The summed E-state index contributed by atoms with van der Waals surface area (Å²) in [5, 5.41) is 0. The molecule has 0 aliphatic rings. The minimum atomic E-state index is -1.99. The Morgan fingerprint density at radius 2 is 1.53 bits per heavy atom. The van der Waals surface area contributed by atoms with Crippen LogP contribution in [0.3, 0.4) is 0 Å². The molecule has 0 radical (unpaired) electrons. The molecule has 0 unspecified atom stereocenters. The Hall–Kier alpha value is 0.311. The van der Waals surface area contributed by atoms with E-state index in [1.807, 2.05) is 5.70 Å².